The summed E-state index contributed by atoms with van der Waals surface area (Å²) in [6, 6.07) is 11.4. The monoisotopic (exact) mass is 291 g/mol. The van der Waals surface area contributed by atoms with Crippen LogP contribution in [0.4, 0.5) is 5.69 Å². The minimum absolute atomic E-state index is 0.420. The molecule has 0 saturated carbocycles. The number of hydrogen-bond acceptors (Lipinski definition) is 3. The summed E-state index contributed by atoms with van der Waals surface area (Å²) in [6.07, 6.45) is 0.963. The molecule has 0 bridgehead atoms. The number of rotatable bonds is 5. The van der Waals surface area contributed by atoms with Crippen molar-refractivity contribution in [2.45, 2.75) is 20.0 Å². The second-order valence-corrected chi connectivity index (χ2v) is 4.89. The Hall–Kier alpha value is -1.87. The van der Waals surface area contributed by atoms with Gasteiger partial charge in [0.25, 0.3) is 0 Å². The Morgan fingerprint density at radius 3 is 2.45 bits per heavy atom. The first kappa shape index (κ1) is 14.5. The number of nitrogen functional groups attached to an aromatic ring is 1. The number of methoxy groups -OCH3 is 1. The number of anilines is 1. The fourth-order valence-electron chi connectivity index (χ4n) is 1.90. The van der Waals surface area contributed by atoms with Gasteiger partial charge >= 0.3 is 0 Å². The first-order valence-electron chi connectivity index (χ1n) is 6.47. The Labute approximate surface area is 124 Å². The van der Waals surface area contributed by atoms with Gasteiger partial charge in [0.05, 0.1) is 17.8 Å². The van der Waals surface area contributed by atoms with Crippen LogP contribution in [-0.4, -0.2) is 7.11 Å². The van der Waals surface area contributed by atoms with Crippen molar-refractivity contribution in [2.75, 3.05) is 12.8 Å². The van der Waals surface area contributed by atoms with Crippen molar-refractivity contribution in [3.8, 4) is 11.5 Å². The fraction of sp³-hybridized carbons (Fsp3) is 0.250. The lowest BCUT2D eigenvalue weighted by Gasteiger charge is -2.12. The van der Waals surface area contributed by atoms with E-state index in [1.807, 2.05) is 30.3 Å². The summed E-state index contributed by atoms with van der Waals surface area (Å²) in [7, 11) is 1.64. The number of aryl methyl sites for hydroxylation is 1. The minimum atomic E-state index is 0.420. The molecule has 2 rings (SSSR count). The van der Waals surface area contributed by atoms with Gasteiger partial charge in [0.1, 0.15) is 6.61 Å². The normalized spacial score (nSPS) is 10.3. The molecular formula is C16H18ClNO2. The summed E-state index contributed by atoms with van der Waals surface area (Å²) in [4.78, 5) is 0. The number of benzene rings is 2. The Bertz CT molecular complexity index is 599. The summed E-state index contributed by atoms with van der Waals surface area (Å²) in [6.45, 7) is 2.52. The highest BCUT2D eigenvalue weighted by atomic mass is 35.5. The molecule has 0 heterocycles. The Morgan fingerprint density at radius 1 is 1.05 bits per heavy atom. The molecule has 4 heteroatoms. The van der Waals surface area contributed by atoms with Gasteiger partial charge in [0.2, 0.25) is 0 Å². The zero-order chi connectivity index (χ0) is 14.5. The Kier molecular flexibility index (Phi) is 4.74. The molecule has 0 aliphatic rings. The molecule has 2 aromatic carbocycles. The summed E-state index contributed by atoms with van der Waals surface area (Å²) >= 11 is 5.89. The predicted molar refractivity (Wildman–Crippen MR) is 82.6 cm³/mol. The molecule has 0 amide bonds. The van der Waals surface area contributed by atoms with Gasteiger partial charge in [0, 0.05) is 0 Å². The largest absolute Gasteiger partial charge is 0.493 e. The molecule has 0 saturated heterocycles. The molecule has 20 heavy (non-hydrogen) atoms. The van der Waals surface area contributed by atoms with Crippen LogP contribution >= 0.6 is 11.6 Å². The van der Waals surface area contributed by atoms with E-state index in [2.05, 4.69) is 6.92 Å². The molecule has 0 unspecified atom stereocenters. The highest BCUT2D eigenvalue weighted by Crippen LogP contribution is 2.29. The maximum Gasteiger partial charge on any atom is 0.161 e. The van der Waals surface area contributed by atoms with E-state index < -0.39 is 0 Å². The fourth-order valence-corrected chi connectivity index (χ4v) is 2.01. The van der Waals surface area contributed by atoms with Crippen LogP contribution in [0.3, 0.4) is 0 Å². The third-order valence-corrected chi connectivity index (χ3v) is 3.44. The van der Waals surface area contributed by atoms with Crippen LogP contribution < -0.4 is 15.2 Å². The van der Waals surface area contributed by atoms with E-state index in [1.54, 1.807) is 13.2 Å². The van der Waals surface area contributed by atoms with E-state index in [0.29, 0.717) is 17.3 Å². The summed E-state index contributed by atoms with van der Waals surface area (Å²) in [5.74, 6) is 1.46. The van der Waals surface area contributed by atoms with E-state index in [1.165, 1.54) is 5.56 Å². The zero-order valence-corrected chi connectivity index (χ0v) is 12.4. The Morgan fingerprint density at radius 2 is 1.80 bits per heavy atom. The molecule has 0 radical (unpaired) electrons. The van der Waals surface area contributed by atoms with Crippen molar-refractivity contribution in [3.05, 3.63) is 52.5 Å². The number of halogens is 1. The number of hydrogen-bond donors (Lipinski definition) is 1. The second kappa shape index (κ2) is 6.53. The summed E-state index contributed by atoms with van der Waals surface area (Å²) in [5, 5.41) is 0.554. The highest BCUT2D eigenvalue weighted by Gasteiger charge is 2.06. The molecule has 2 N–H and O–H groups in total. The second-order valence-electron chi connectivity index (χ2n) is 4.48. The number of nitrogens with two attached hydrogens (primary N) is 1. The topological polar surface area (TPSA) is 44.5 Å². The Balaban J connectivity index is 2.12. The molecule has 0 aliphatic heterocycles. The molecule has 0 aromatic heterocycles. The van der Waals surface area contributed by atoms with Crippen LogP contribution in [0.15, 0.2) is 36.4 Å². The maximum absolute atomic E-state index is 5.89. The lowest BCUT2D eigenvalue weighted by atomic mass is 10.1. The van der Waals surface area contributed by atoms with Crippen molar-refractivity contribution in [3.63, 3.8) is 0 Å². The molecule has 0 fully saturated rings. The van der Waals surface area contributed by atoms with E-state index in [9.17, 15) is 0 Å². The van der Waals surface area contributed by atoms with Crippen LogP contribution in [-0.2, 0) is 13.0 Å². The quantitative estimate of drug-likeness (QED) is 0.845. The maximum atomic E-state index is 5.89. The summed E-state index contributed by atoms with van der Waals surface area (Å²) < 4.78 is 11.1. The van der Waals surface area contributed by atoms with E-state index >= 15 is 0 Å². The van der Waals surface area contributed by atoms with Crippen LogP contribution in [0.5, 0.6) is 11.5 Å². The van der Waals surface area contributed by atoms with Gasteiger partial charge in [-0.25, -0.2) is 0 Å². The third-order valence-electron chi connectivity index (χ3n) is 3.09. The lowest BCUT2D eigenvalue weighted by molar-refractivity contribution is 0.284. The van der Waals surface area contributed by atoms with Crippen LogP contribution in [0.25, 0.3) is 0 Å². The van der Waals surface area contributed by atoms with Gasteiger partial charge < -0.3 is 15.2 Å². The molecule has 0 spiro atoms. The van der Waals surface area contributed by atoms with Gasteiger partial charge in [0.15, 0.2) is 11.5 Å². The molecular weight excluding hydrogens is 274 g/mol. The predicted octanol–water partition coefficient (Wildman–Crippen LogP) is 4.07. The van der Waals surface area contributed by atoms with E-state index in [4.69, 9.17) is 26.8 Å². The average molecular weight is 292 g/mol. The van der Waals surface area contributed by atoms with Crippen molar-refractivity contribution >= 4 is 17.3 Å². The molecule has 2 aromatic rings. The van der Waals surface area contributed by atoms with Gasteiger partial charge in [-0.2, -0.15) is 0 Å². The zero-order valence-electron chi connectivity index (χ0n) is 11.7. The first-order chi connectivity index (χ1) is 9.63. The first-order valence-corrected chi connectivity index (χ1v) is 6.85. The smallest absolute Gasteiger partial charge is 0.161 e. The van der Waals surface area contributed by atoms with Crippen molar-refractivity contribution < 1.29 is 9.47 Å². The average Bonchev–Trinajstić information content (AvgIpc) is 2.48. The lowest BCUT2D eigenvalue weighted by Crippen LogP contribution is -1.99. The van der Waals surface area contributed by atoms with Crippen molar-refractivity contribution in [1.29, 1.82) is 0 Å². The van der Waals surface area contributed by atoms with Gasteiger partial charge in [-0.3, -0.25) is 0 Å². The SMILES string of the molecule is CCc1ccc(OCc2ccc(Cl)c(N)c2)c(OC)c1. The molecule has 106 valence electrons. The van der Waals surface area contributed by atoms with Gasteiger partial charge in [-0.15, -0.1) is 0 Å². The van der Waals surface area contributed by atoms with Crippen LogP contribution in [0, 0.1) is 0 Å². The highest BCUT2D eigenvalue weighted by molar-refractivity contribution is 6.33. The summed E-state index contributed by atoms with van der Waals surface area (Å²) in [5.41, 5.74) is 8.51. The minimum Gasteiger partial charge on any atom is -0.493 e. The molecule has 0 atom stereocenters. The van der Waals surface area contributed by atoms with E-state index in [-0.39, 0.29) is 0 Å². The standard InChI is InChI=1S/C16H18ClNO2/c1-3-11-5-7-15(16(9-11)19-2)20-10-12-4-6-13(17)14(18)8-12/h4-9H,3,10,18H2,1-2H3. The van der Waals surface area contributed by atoms with Crippen molar-refractivity contribution in [2.24, 2.45) is 0 Å². The van der Waals surface area contributed by atoms with Gasteiger partial charge in [-0.05, 0) is 41.8 Å². The number of ether oxygens (including phenoxy) is 2. The van der Waals surface area contributed by atoms with Gasteiger partial charge in [-0.1, -0.05) is 30.7 Å². The molecule has 0 aliphatic carbocycles. The van der Waals surface area contributed by atoms with Crippen LogP contribution in [0.2, 0.25) is 5.02 Å². The molecule has 3 nitrogen and oxygen atoms in total. The van der Waals surface area contributed by atoms with Crippen LogP contribution in [0.1, 0.15) is 18.1 Å². The van der Waals surface area contributed by atoms with E-state index in [0.717, 1.165) is 23.5 Å². The van der Waals surface area contributed by atoms with Crippen molar-refractivity contribution in [1.82, 2.24) is 0 Å². The third kappa shape index (κ3) is 3.36.